The fourth-order valence-corrected chi connectivity index (χ4v) is 4.67. The van der Waals surface area contributed by atoms with Crippen LogP contribution >= 0.6 is 47.8 Å². The van der Waals surface area contributed by atoms with Crippen molar-refractivity contribution in [1.82, 2.24) is 0 Å². The highest BCUT2D eigenvalue weighted by atomic mass is 79.9. The van der Waals surface area contributed by atoms with Gasteiger partial charge < -0.3 is 5.11 Å². The largest absolute Gasteiger partial charge is 0.392 e. The Balaban J connectivity index is 2.41. The van der Waals surface area contributed by atoms with Crippen LogP contribution in [0.15, 0.2) is 54.7 Å². The average molecular weight is 500 g/mol. The Hall–Kier alpha value is -0.410. The van der Waals surface area contributed by atoms with Crippen molar-refractivity contribution in [3.63, 3.8) is 0 Å². The molecule has 0 aromatic heterocycles. The third-order valence-electron chi connectivity index (χ3n) is 2.64. The highest BCUT2D eigenvalue weighted by Crippen LogP contribution is 2.30. The van der Waals surface area contributed by atoms with Gasteiger partial charge in [0.25, 0.3) is 10.0 Å². The van der Waals surface area contributed by atoms with E-state index in [1.54, 1.807) is 30.3 Å². The number of hydrogen-bond donors (Lipinski definition) is 2. The van der Waals surface area contributed by atoms with Crippen molar-refractivity contribution in [1.29, 1.82) is 0 Å². The normalized spacial score (nSPS) is 11.4. The lowest BCUT2D eigenvalue weighted by Crippen LogP contribution is -2.14. The topological polar surface area (TPSA) is 66.4 Å². The zero-order chi connectivity index (χ0) is 15.6. The molecule has 0 amide bonds. The first-order chi connectivity index (χ1) is 9.83. The van der Waals surface area contributed by atoms with Crippen LogP contribution in [0.3, 0.4) is 0 Å². The number of aliphatic hydroxyl groups excluding tert-OH is 1. The van der Waals surface area contributed by atoms with E-state index in [0.717, 1.165) is 4.47 Å². The fraction of sp³-hybridized carbons (Fsp3) is 0.0769. The number of benzene rings is 2. The van der Waals surface area contributed by atoms with Crippen LogP contribution in [0.4, 0.5) is 5.69 Å². The van der Waals surface area contributed by atoms with E-state index in [9.17, 15) is 8.42 Å². The van der Waals surface area contributed by atoms with Gasteiger partial charge in [0.2, 0.25) is 0 Å². The van der Waals surface area contributed by atoms with Gasteiger partial charge in [0.05, 0.1) is 12.3 Å². The van der Waals surface area contributed by atoms with E-state index in [1.165, 1.54) is 6.07 Å². The summed E-state index contributed by atoms with van der Waals surface area (Å²) in [5.74, 6) is 0. The summed E-state index contributed by atoms with van der Waals surface area (Å²) in [5, 5.41) is 9.06. The lowest BCUT2D eigenvalue weighted by Gasteiger charge is -2.12. The molecule has 0 radical (unpaired) electrons. The molecule has 0 aliphatic carbocycles. The number of anilines is 1. The molecule has 0 aliphatic rings. The molecule has 0 saturated heterocycles. The third kappa shape index (κ3) is 4.07. The van der Waals surface area contributed by atoms with Crippen molar-refractivity contribution in [3.05, 3.63) is 55.4 Å². The van der Waals surface area contributed by atoms with Gasteiger partial charge in [-0.2, -0.15) is 0 Å². The predicted molar refractivity (Wildman–Crippen MR) is 92.7 cm³/mol. The van der Waals surface area contributed by atoms with Gasteiger partial charge in [0, 0.05) is 13.4 Å². The minimum absolute atomic E-state index is 0.103. The quantitative estimate of drug-likeness (QED) is 0.660. The van der Waals surface area contributed by atoms with Crippen molar-refractivity contribution >= 4 is 63.5 Å². The van der Waals surface area contributed by atoms with Crippen LogP contribution in [0, 0.1) is 0 Å². The fourth-order valence-electron chi connectivity index (χ4n) is 1.64. The Kier molecular flexibility index (Phi) is 5.48. The van der Waals surface area contributed by atoms with Gasteiger partial charge in [-0.15, -0.1) is 0 Å². The number of halogens is 3. The Morgan fingerprint density at radius 2 is 1.71 bits per heavy atom. The maximum absolute atomic E-state index is 12.4. The molecule has 2 N–H and O–H groups in total. The summed E-state index contributed by atoms with van der Waals surface area (Å²) < 4.78 is 29.2. The van der Waals surface area contributed by atoms with Gasteiger partial charge in [-0.25, -0.2) is 8.42 Å². The van der Waals surface area contributed by atoms with Gasteiger partial charge >= 0.3 is 0 Å². The molecule has 0 saturated carbocycles. The van der Waals surface area contributed by atoms with Crippen molar-refractivity contribution in [2.45, 2.75) is 11.5 Å². The van der Waals surface area contributed by atoms with E-state index in [4.69, 9.17) is 5.11 Å². The molecule has 0 fully saturated rings. The Morgan fingerprint density at radius 3 is 2.33 bits per heavy atom. The first-order valence-corrected chi connectivity index (χ1v) is 9.57. The van der Waals surface area contributed by atoms with E-state index in [0.29, 0.717) is 20.2 Å². The summed E-state index contributed by atoms with van der Waals surface area (Å²) >= 11 is 9.82. The average Bonchev–Trinajstić information content (AvgIpc) is 2.42. The molecule has 2 rings (SSSR count). The Morgan fingerprint density at radius 1 is 1.00 bits per heavy atom. The minimum atomic E-state index is -3.74. The van der Waals surface area contributed by atoms with Gasteiger partial charge in [-0.3, -0.25) is 4.72 Å². The van der Waals surface area contributed by atoms with Crippen LogP contribution in [0.2, 0.25) is 0 Å². The molecule has 21 heavy (non-hydrogen) atoms. The lowest BCUT2D eigenvalue weighted by atomic mass is 10.2. The minimum Gasteiger partial charge on any atom is -0.392 e. The van der Waals surface area contributed by atoms with Crippen molar-refractivity contribution in [2.75, 3.05) is 4.72 Å². The van der Waals surface area contributed by atoms with Crippen LogP contribution in [0.25, 0.3) is 0 Å². The highest BCUT2D eigenvalue weighted by Gasteiger charge is 2.19. The second kappa shape index (κ2) is 6.78. The molecule has 8 heteroatoms. The zero-order valence-corrected chi connectivity index (χ0v) is 16.1. The molecule has 4 nitrogen and oxygen atoms in total. The smallest absolute Gasteiger partial charge is 0.263 e. The predicted octanol–water partition coefficient (Wildman–Crippen LogP) is 4.27. The van der Waals surface area contributed by atoms with Gasteiger partial charge in [0.15, 0.2) is 0 Å². The van der Waals surface area contributed by atoms with Crippen molar-refractivity contribution in [2.24, 2.45) is 0 Å². The van der Waals surface area contributed by atoms with Crippen molar-refractivity contribution in [3.8, 4) is 0 Å². The standard InChI is InChI=1S/C13H10Br3NO3S/c14-9-2-3-10(15)12(6-9)17-21(19,20)13-4-1-8(7-18)5-11(13)16/h1-6,17-18H,7H2. The van der Waals surface area contributed by atoms with E-state index in [-0.39, 0.29) is 11.5 Å². The maximum Gasteiger partial charge on any atom is 0.263 e. The number of sulfonamides is 1. The first kappa shape index (κ1) is 17.0. The van der Waals surface area contributed by atoms with Gasteiger partial charge in [0.1, 0.15) is 4.90 Å². The van der Waals surface area contributed by atoms with E-state index in [1.807, 2.05) is 0 Å². The molecule has 0 bridgehead atoms. The molecule has 0 aliphatic heterocycles. The first-order valence-electron chi connectivity index (χ1n) is 5.70. The molecule has 2 aromatic rings. The Labute approximate surface area is 148 Å². The summed E-state index contributed by atoms with van der Waals surface area (Å²) in [7, 11) is -3.74. The molecule has 2 aromatic carbocycles. The van der Waals surface area contributed by atoms with Crippen LogP contribution in [0.1, 0.15) is 5.56 Å². The Bertz CT molecular complexity index is 778. The number of rotatable bonds is 4. The van der Waals surface area contributed by atoms with E-state index < -0.39 is 10.0 Å². The molecular weight excluding hydrogens is 490 g/mol. The SMILES string of the molecule is O=S(=O)(Nc1cc(Br)ccc1Br)c1ccc(CO)cc1Br. The number of nitrogens with one attached hydrogen (secondary N) is 1. The van der Waals surface area contributed by atoms with Crippen LogP contribution in [-0.4, -0.2) is 13.5 Å². The number of aliphatic hydroxyl groups is 1. The summed E-state index contributed by atoms with van der Waals surface area (Å²) in [6, 6.07) is 9.79. The van der Waals surface area contributed by atoms with Crippen LogP contribution < -0.4 is 4.72 Å². The van der Waals surface area contributed by atoms with Gasteiger partial charge in [-0.1, -0.05) is 22.0 Å². The summed E-state index contributed by atoms with van der Waals surface area (Å²) in [6.45, 7) is -0.149. The third-order valence-corrected chi connectivity index (χ3v) is 6.17. The molecule has 112 valence electrons. The number of hydrogen-bond acceptors (Lipinski definition) is 3. The molecule has 0 unspecified atom stereocenters. The van der Waals surface area contributed by atoms with E-state index in [2.05, 4.69) is 52.5 Å². The van der Waals surface area contributed by atoms with Crippen LogP contribution in [-0.2, 0) is 16.6 Å². The molecule has 0 heterocycles. The monoisotopic (exact) mass is 497 g/mol. The summed E-state index contributed by atoms with van der Waals surface area (Å²) in [4.78, 5) is 0.103. The second-order valence-corrected chi connectivity index (χ2v) is 8.43. The molecular formula is C13H10Br3NO3S. The van der Waals surface area contributed by atoms with Crippen molar-refractivity contribution < 1.29 is 13.5 Å². The van der Waals surface area contributed by atoms with E-state index >= 15 is 0 Å². The maximum atomic E-state index is 12.4. The zero-order valence-electron chi connectivity index (χ0n) is 10.5. The highest BCUT2D eigenvalue weighted by molar-refractivity contribution is 9.11. The van der Waals surface area contributed by atoms with Crippen LogP contribution in [0.5, 0.6) is 0 Å². The molecule has 0 spiro atoms. The second-order valence-electron chi connectivity index (χ2n) is 4.15. The lowest BCUT2D eigenvalue weighted by molar-refractivity contribution is 0.281. The molecule has 0 atom stereocenters. The van der Waals surface area contributed by atoms with Gasteiger partial charge in [-0.05, 0) is 67.8 Å². The summed E-state index contributed by atoms with van der Waals surface area (Å²) in [6.07, 6.45) is 0. The summed E-state index contributed by atoms with van der Waals surface area (Å²) in [5.41, 5.74) is 1.06.